The van der Waals surface area contributed by atoms with Gasteiger partial charge in [0.1, 0.15) is 5.75 Å². The van der Waals surface area contributed by atoms with Gasteiger partial charge in [0.25, 0.3) is 0 Å². The molecule has 5 nitrogen and oxygen atoms in total. The van der Waals surface area contributed by atoms with E-state index < -0.39 is 11.9 Å². The molecule has 0 heterocycles. The third kappa shape index (κ3) is 2.61. The van der Waals surface area contributed by atoms with Gasteiger partial charge in [-0.2, -0.15) is 0 Å². The second kappa shape index (κ2) is 4.68. The molecule has 0 saturated heterocycles. The van der Waals surface area contributed by atoms with Crippen molar-refractivity contribution in [2.45, 2.75) is 26.2 Å². The monoisotopic (exact) mass is 252 g/mol. The lowest BCUT2D eigenvalue weighted by atomic mass is 9.84. The summed E-state index contributed by atoms with van der Waals surface area (Å²) in [7, 11) is 1.43. The molecule has 0 radical (unpaired) electrons. The lowest BCUT2D eigenvalue weighted by Gasteiger charge is -2.23. The number of carboxylic acids is 2. The summed E-state index contributed by atoms with van der Waals surface area (Å²) >= 11 is 0. The molecule has 1 aromatic rings. The van der Waals surface area contributed by atoms with Gasteiger partial charge in [0.2, 0.25) is 0 Å². The Bertz CT molecular complexity index is 497. The maximum absolute atomic E-state index is 11.1. The van der Waals surface area contributed by atoms with Crippen molar-refractivity contribution in [2.75, 3.05) is 7.11 Å². The number of hydrogen-bond donors (Lipinski definition) is 2. The van der Waals surface area contributed by atoms with Crippen molar-refractivity contribution in [3.05, 3.63) is 28.8 Å². The lowest BCUT2D eigenvalue weighted by Crippen LogP contribution is -2.17. The number of benzene rings is 1. The van der Waals surface area contributed by atoms with E-state index in [9.17, 15) is 9.59 Å². The van der Waals surface area contributed by atoms with E-state index in [4.69, 9.17) is 14.9 Å². The number of aromatic carboxylic acids is 2. The van der Waals surface area contributed by atoms with E-state index in [0.29, 0.717) is 11.3 Å². The van der Waals surface area contributed by atoms with E-state index in [1.165, 1.54) is 19.2 Å². The summed E-state index contributed by atoms with van der Waals surface area (Å²) in [6.07, 6.45) is 0. The van der Waals surface area contributed by atoms with Crippen LogP contribution in [0.1, 0.15) is 47.1 Å². The van der Waals surface area contributed by atoms with Crippen molar-refractivity contribution in [3.63, 3.8) is 0 Å². The molecule has 0 aliphatic rings. The molecule has 18 heavy (non-hydrogen) atoms. The summed E-state index contributed by atoms with van der Waals surface area (Å²) in [5.41, 5.74) is -0.181. The minimum absolute atomic E-state index is 0.228. The van der Waals surface area contributed by atoms with Crippen molar-refractivity contribution < 1.29 is 24.5 Å². The zero-order valence-corrected chi connectivity index (χ0v) is 10.8. The van der Waals surface area contributed by atoms with Crippen LogP contribution in [-0.4, -0.2) is 29.3 Å². The predicted octanol–water partition coefficient (Wildman–Crippen LogP) is 2.39. The Balaban J connectivity index is 3.62. The molecular formula is C13H16O5. The average Bonchev–Trinajstić information content (AvgIpc) is 2.25. The number of methoxy groups -OCH3 is 1. The number of hydrogen-bond acceptors (Lipinski definition) is 3. The topological polar surface area (TPSA) is 83.8 Å². The summed E-state index contributed by atoms with van der Waals surface area (Å²) in [5.74, 6) is -2.17. The van der Waals surface area contributed by atoms with Crippen LogP contribution in [0.15, 0.2) is 12.1 Å². The van der Waals surface area contributed by atoms with Crippen molar-refractivity contribution in [2.24, 2.45) is 0 Å². The quantitative estimate of drug-likeness (QED) is 0.862. The molecule has 0 bridgehead atoms. The normalized spacial score (nSPS) is 11.1. The maximum atomic E-state index is 11.1. The average molecular weight is 252 g/mol. The minimum atomic E-state index is -1.29. The second-order valence-electron chi connectivity index (χ2n) is 4.96. The summed E-state index contributed by atoms with van der Waals surface area (Å²) in [4.78, 5) is 22.1. The molecule has 0 unspecified atom stereocenters. The molecule has 2 N–H and O–H groups in total. The van der Waals surface area contributed by atoms with Crippen molar-refractivity contribution in [1.29, 1.82) is 0 Å². The highest BCUT2D eigenvalue weighted by Crippen LogP contribution is 2.33. The fourth-order valence-electron chi connectivity index (χ4n) is 1.69. The predicted molar refractivity (Wildman–Crippen MR) is 65.6 cm³/mol. The van der Waals surface area contributed by atoms with Gasteiger partial charge in [-0.05, 0) is 17.5 Å². The summed E-state index contributed by atoms with van der Waals surface area (Å²) in [6.45, 7) is 5.70. The molecule has 0 aliphatic heterocycles. The summed E-state index contributed by atoms with van der Waals surface area (Å²) in [6, 6.07) is 2.62. The Morgan fingerprint density at radius 2 is 1.50 bits per heavy atom. The molecule has 1 aromatic carbocycles. The maximum Gasteiger partial charge on any atom is 0.336 e. The fourth-order valence-corrected chi connectivity index (χ4v) is 1.69. The molecule has 0 saturated carbocycles. The van der Waals surface area contributed by atoms with E-state index in [2.05, 4.69) is 0 Å². The van der Waals surface area contributed by atoms with Crippen molar-refractivity contribution in [1.82, 2.24) is 0 Å². The molecule has 0 fully saturated rings. The molecule has 0 aromatic heterocycles. The van der Waals surface area contributed by atoms with E-state index in [1.54, 1.807) is 0 Å². The van der Waals surface area contributed by atoms with E-state index in [1.807, 2.05) is 20.8 Å². The van der Waals surface area contributed by atoms with Gasteiger partial charge in [-0.3, -0.25) is 0 Å². The summed E-state index contributed by atoms with van der Waals surface area (Å²) in [5, 5.41) is 18.1. The molecule has 0 spiro atoms. The van der Waals surface area contributed by atoms with Crippen LogP contribution < -0.4 is 4.74 Å². The van der Waals surface area contributed by atoms with Crippen molar-refractivity contribution >= 4 is 11.9 Å². The molecular weight excluding hydrogens is 236 g/mol. The first-order valence-electron chi connectivity index (χ1n) is 5.37. The number of carbonyl (C=O) groups is 2. The first kappa shape index (κ1) is 14.0. The highest BCUT2D eigenvalue weighted by atomic mass is 16.5. The zero-order valence-electron chi connectivity index (χ0n) is 10.8. The van der Waals surface area contributed by atoms with E-state index >= 15 is 0 Å². The largest absolute Gasteiger partial charge is 0.496 e. The second-order valence-corrected chi connectivity index (χ2v) is 4.96. The van der Waals surface area contributed by atoms with E-state index in [0.717, 1.165) is 0 Å². The molecule has 0 amide bonds. The van der Waals surface area contributed by atoms with Crippen LogP contribution in [-0.2, 0) is 5.41 Å². The Labute approximate surface area is 105 Å². The Kier molecular flexibility index (Phi) is 3.65. The van der Waals surface area contributed by atoms with Crippen molar-refractivity contribution in [3.8, 4) is 5.75 Å². The highest BCUT2D eigenvalue weighted by molar-refractivity contribution is 6.02. The Morgan fingerprint density at radius 1 is 1.06 bits per heavy atom. The molecule has 0 aliphatic carbocycles. The van der Waals surface area contributed by atoms with Gasteiger partial charge in [-0.25, -0.2) is 9.59 Å². The van der Waals surface area contributed by atoms with E-state index in [-0.39, 0.29) is 16.5 Å². The van der Waals surface area contributed by atoms with Crippen LogP contribution in [0.3, 0.4) is 0 Å². The standard InChI is InChI=1S/C13H16O5/c1-13(2,3)9-5-7(11(14)15)8(12(16)17)6-10(9)18-4/h5-6H,1-4H3,(H,14,15)(H,16,17). The number of ether oxygens (including phenoxy) is 1. The van der Waals surface area contributed by atoms with Crippen LogP contribution in [0.25, 0.3) is 0 Å². The van der Waals surface area contributed by atoms with Gasteiger partial charge >= 0.3 is 11.9 Å². The van der Waals surface area contributed by atoms with Gasteiger partial charge in [-0.1, -0.05) is 20.8 Å². The number of rotatable bonds is 3. The molecule has 5 heteroatoms. The Morgan fingerprint density at radius 3 is 1.83 bits per heavy atom. The molecule has 98 valence electrons. The van der Waals surface area contributed by atoms with Gasteiger partial charge in [-0.15, -0.1) is 0 Å². The van der Waals surface area contributed by atoms with Gasteiger partial charge in [0.15, 0.2) is 0 Å². The van der Waals surface area contributed by atoms with Crippen LogP contribution >= 0.6 is 0 Å². The SMILES string of the molecule is COc1cc(C(=O)O)c(C(=O)O)cc1C(C)(C)C. The van der Waals surface area contributed by atoms with Crippen LogP contribution in [0, 0.1) is 0 Å². The third-order valence-electron chi connectivity index (χ3n) is 2.61. The Hall–Kier alpha value is -2.04. The zero-order chi connectivity index (χ0) is 14.1. The highest BCUT2D eigenvalue weighted by Gasteiger charge is 2.25. The van der Waals surface area contributed by atoms with Gasteiger partial charge < -0.3 is 14.9 Å². The first-order chi connectivity index (χ1) is 8.18. The minimum Gasteiger partial charge on any atom is -0.496 e. The smallest absolute Gasteiger partial charge is 0.336 e. The lowest BCUT2D eigenvalue weighted by molar-refractivity contribution is 0.0651. The van der Waals surface area contributed by atoms with Crippen LogP contribution in [0.2, 0.25) is 0 Å². The van der Waals surface area contributed by atoms with Gasteiger partial charge in [0.05, 0.1) is 18.2 Å². The van der Waals surface area contributed by atoms with Crippen LogP contribution in [0.5, 0.6) is 5.75 Å². The molecule has 0 atom stereocenters. The fraction of sp³-hybridized carbons (Fsp3) is 0.385. The third-order valence-corrected chi connectivity index (χ3v) is 2.61. The summed E-state index contributed by atoms with van der Waals surface area (Å²) < 4.78 is 5.14. The molecule has 1 rings (SSSR count). The van der Waals surface area contributed by atoms with Gasteiger partial charge in [0, 0.05) is 5.56 Å². The van der Waals surface area contributed by atoms with Crippen LogP contribution in [0.4, 0.5) is 0 Å². The first-order valence-corrected chi connectivity index (χ1v) is 5.37. The number of carboxylic acid groups (broad SMARTS) is 2.